The number of hydrogen-bond donors (Lipinski definition) is 0. The van der Waals surface area contributed by atoms with Gasteiger partial charge in [0.15, 0.2) is 0 Å². The molecular weight excluding hydrogens is 573 g/mol. The molecule has 6 rings (SSSR count). The molecular formula is C43H60Si2. The van der Waals surface area contributed by atoms with Crippen LogP contribution in [-0.2, 0) is 5.41 Å². The normalized spacial score (nSPS) is 26.4. The fourth-order valence-corrected chi connectivity index (χ4v) is 18.4. The highest BCUT2D eigenvalue weighted by Crippen LogP contribution is 2.63. The maximum Gasteiger partial charge on any atom is 0.0859 e. The van der Waals surface area contributed by atoms with Crippen molar-refractivity contribution in [2.75, 3.05) is 0 Å². The summed E-state index contributed by atoms with van der Waals surface area (Å²) in [6.45, 7) is 14.7. The van der Waals surface area contributed by atoms with E-state index < -0.39 is 16.1 Å². The maximum atomic E-state index is 2.65. The molecule has 4 aliphatic rings. The molecule has 2 fully saturated rings. The minimum absolute atomic E-state index is 0.00462. The molecule has 0 amide bonds. The number of allylic oxidation sites excluding steroid dienone is 8. The number of benzene rings is 2. The van der Waals surface area contributed by atoms with Crippen molar-refractivity contribution in [1.82, 2.24) is 0 Å². The lowest BCUT2D eigenvalue weighted by Gasteiger charge is -2.50. The third kappa shape index (κ3) is 5.21. The molecule has 0 N–H and O–H groups in total. The van der Waals surface area contributed by atoms with E-state index in [9.17, 15) is 0 Å². The predicted octanol–water partition coefficient (Wildman–Crippen LogP) is 10.9. The zero-order valence-electron chi connectivity index (χ0n) is 29.3. The molecule has 0 heterocycles. The highest BCUT2D eigenvalue weighted by atomic mass is 28.3. The Morgan fingerprint density at radius 2 is 0.822 bits per heavy atom. The summed E-state index contributed by atoms with van der Waals surface area (Å²) in [6.07, 6.45) is 25.2. The van der Waals surface area contributed by atoms with E-state index in [0.29, 0.717) is 35.5 Å². The molecule has 0 radical (unpaired) electrons. The van der Waals surface area contributed by atoms with Crippen LogP contribution < -0.4 is 10.4 Å². The summed E-state index contributed by atoms with van der Waals surface area (Å²) in [5, 5.41) is 3.37. The summed E-state index contributed by atoms with van der Waals surface area (Å²) in [5.41, 5.74) is 3.22. The molecule has 2 aromatic rings. The van der Waals surface area contributed by atoms with Gasteiger partial charge in [0, 0.05) is 5.41 Å². The van der Waals surface area contributed by atoms with E-state index in [4.69, 9.17) is 0 Å². The van der Waals surface area contributed by atoms with Crippen molar-refractivity contribution < 1.29 is 0 Å². The Bertz CT molecular complexity index is 1280. The van der Waals surface area contributed by atoms with E-state index in [1.54, 1.807) is 21.5 Å². The van der Waals surface area contributed by atoms with E-state index in [-0.39, 0.29) is 5.41 Å². The van der Waals surface area contributed by atoms with E-state index in [1.165, 1.54) is 61.9 Å². The molecule has 2 heteroatoms. The average Bonchev–Trinajstić information content (AvgIpc) is 3.77. The first-order chi connectivity index (χ1) is 22.0. The fourth-order valence-electron chi connectivity index (χ4n) is 11.2. The van der Waals surface area contributed by atoms with E-state index in [1.807, 2.05) is 0 Å². The van der Waals surface area contributed by atoms with Gasteiger partial charge in [0.2, 0.25) is 0 Å². The van der Waals surface area contributed by atoms with Gasteiger partial charge in [-0.25, -0.2) is 0 Å². The summed E-state index contributed by atoms with van der Waals surface area (Å²) >= 11 is 0. The van der Waals surface area contributed by atoms with Gasteiger partial charge in [-0.2, -0.15) is 0 Å². The van der Waals surface area contributed by atoms with Crippen LogP contribution in [0.1, 0.15) is 78.4 Å². The molecule has 4 atom stereocenters. The van der Waals surface area contributed by atoms with Crippen molar-refractivity contribution in [3.8, 4) is 0 Å². The minimum atomic E-state index is -1.45. The molecule has 240 valence electrons. The first-order valence-electron chi connectivity index (χ1n) is 18.9. The van der Waals surface area contributed by atoms with E-state index in [2.05, 4.69) is 139 Å². The van der Waals surface area contributed by atoms with Crippen LogP contribution in [0, 0.1) is 35.5 Å². The maximum absolute atomic E-state index is 2.65. The van der Waals surface area contributed by atoms with Crippen LogP contribution in [0.5, 0.6) is 0 Å². The predicted molar refractivity (Wildman–Crippen MR) is 203 cm³/mol. The lowest BCUT2D eigenvalue weighted by molar-refractivity contribution is 0.159. The first-order valence-corrected chi connectivity index (χ1v) is 24.1. The third-order valence-corrected chi connectivity index (χ3v) is 25.5. The Labute approximate surface area is 278 Å². The molecule has 4 unspecified atom stereocenters. The molecule has 45 heavy (non-hydrogen) atoms. The van der Waals surface area contributed by atoms with Gasteiger partial charge in [0.05, 0.1) is 16.1 Å². The van der Waals surface area contributed by atoms with Crippen LogP contribution in [0.15, 0.2) is 97.1 Å². The van der Waals surface area contributed by atoms with Gasteiger partial charge in [0.25, 0.3) is 0 Å². The molecule has 4 aliphatic carbocycles. The summed E-state index contributed by atoms with van der Waals surface area (Å²) in [6, 6.07) is 29.2. The Morgan fingerprint density at radius 1 is 0.489 bits per heavy atom. The van der Waals surface area contributed by atoms with Crippen LogP contribution in [0.2, 0.25) is 36.3 Å². The zero-order valence-corrected chi connectivity index (χ0v) is 31.3. The zero-order chi connectivity index (χ0) is 31.7. The van der Waals surface area contributed by atoms with Crippen molar-refractivity contribution >= 4 is 26.5 Å². The standard InChI is InChI=1S/C43H60Si2/c1-7-44(8-2,9-3)36-29-25-34(26-30-36)43(33-19-13-14-20-33,35-27-31-37(32-28-35)45(10-4,11-5)12-6)42-40-23-17-15-21-38(40)39-22-16-18-24-41(39)42/h15-18,21-33,38-42H,7-14,19-20H2,1-6H3. The SMILES string of the molecule is CC[Si](CC)(CC)c1ccc(C(c2ccc([Si](CC)(CC)CC)cc2)(C2CCCC2)C2C3C=CC=CC3C3C=CC=CC32)cc1. The number of fused-ring (bicyclic) bond motifs is 3. The van der Waals surface area contributed by atoms with Crippen LogP contribution in [0.25, 0.3) is 0 Å². The number of rotatable bonds is 12. The van der Waals surface area contributed by atoms with Crippen LogP contribution in [0.3, 0.4) is 0 Å². The monoisotopic (exact) mass is 632 g/mol. The van der Waals surface area contributed by atoms with E-state index in [0.717, 1.165) is 0 Å². The molecule has 0 bridgehead atoms. The van der Waals surface area contributed by atoms with Gasteiger partial charge in [0.1, 0.15) is 0 Å². The number of hydrogen-bond acceptors (Lipinski definition) is 0. The van der Waals surface area contributed by atoms with E-state index >= 15 is 0 Å². The molecule has 0 aromatic heterocycles. The molecule has 0 saturated heterocycles. The van der Waals surface area contributed by atoms with Crippen molar-refractivity contribution in [3.63, 3.8) is 0 Å². The van der Waals surface area contributed by atoms with Gasteiger partial charge in [-0.15, -0.1) is 0 Å². The highest BCUT2D eigenvalue weighted by molar-refractivity contribution is 6.92. The van der Waals surface area contributed by atoms with Crippen LogP contribution >= 0.6 is 0 Å². The van der Waals surface area contributed by atoms with Crippen molar-refractivity contribution in [2.24, 2.45) is 35.5 Å². The summed E-state index contributed by atoms with van der Waals surface area (Å²) in [4.78, 5) is 0. The topological polar surface area (TPSA) is 0 Å². The van der Waals surface area contributed by atoms with Crippen molar-refractivity contribution in [3.05, 3.63) is 108 Å². The second kappa shape index (κ2) is 13.5. The second-order valence-electron chi connectivity index (χ2n) is 15.1. The third-order valence-electron chi connectivity index (χ3n) is 14.3. The van der Waals surface area contributed by atoms with Gasteiger partial charge in [-0.3, -0.25) is 0 Å². The molecule has 0 spiro atoms. The van der Waals surface area contributed by atoms with Crippen LogP contribution in [-0.4, -0.2) is 16.1 Å². The average molecular weight is 633 g/mol. The minimum Gasteiger partial charge on any atom is -0.0805 e. The molecule has 0 aliphatic heterocycles. The molecule has 0 nitrogen and oxygen atoms in total. The van der Waals surface area contributed by atoms with Crippen molar-refractivity contribution in [1.29, 1.82) is 0 Å². The van der Waals surface area contributed by atoms with Gasteiger partial charge in [-0.05, 0) is 59.5 Å². The first kappa shape index (κ1) is 32.8. The van der Waals surface area contributed by atoms with Gasteiger partial charge < -0.3 is 0 Å². The summed E-state index contributed by atoms with van der Waals surface area (Å²) < 4.78 is 0. The summed E-state index contributed by atoms with van der Waals surface area (Å²) in [5.74, 6) is 3.52. The van der Waals surface area contributed by atoms with Gasteiger partial charge in [-0.1, -0.05) is 198 Å². The Kier molecular flexibility index (Phi) is 9.84. The molecule has 2 saturated carbocycles. The lowest BCUT2D eigenvalue weighted by Crippen LogP contribution is -2.49. The quantitative estimate of drug-likeness (QED) is 0.204. The second-order valence-corrected chi connectivity index (χ2v) is 25.6. The largest absolute Gasteiger partial charge is 0.0859 e. The van der Waals surface area contributed by atoms with Gasteiger partial charge >= 0.3 is 0 Å². The Morgan fingerprint density at radius 3 is 1.16 bits per heavy atom. The van der Waals surface area contributed by atoms with Crippen molar-refractivity contribution in [2.45, 2.75) is 109 Å². The van der Waals surface area contributed by atoms with Crippen LogP contribution in [0.4, 0.5) is 0 Å². The fraction of sp³-hybridized carbons (Fsp3) is 0.535. The lowest BCUT2D eigenvalue weighted by atomic mass is 9.53. The Balaban J connectivity index is 1.60. The Hall–Kier alpha value is -2.17. The highest BCUT2D eigenvalue weighted by Gasteiger charge is 2.59. The smallest absolute Gasteiger partial charge is 0.0805 e. The molecule has 2 aromatic carbocycles. The summed E-state index contributed by atoms with van der Waals surface area (Å²) in [7, 11) is -2.90.